The van der Waals surface area contributed by atoms with E-state index < -0.39 is 0 Å². The normalized spacial score (nSPS) is 16.6. The number of carbonyl (C=O) groups is 1. The third-order valence-electron chi connectivity index (χ3n) is 3.51. The van der Waals surface area contributed by atoms with E-state index in [2.05, 4.69) is 22.1 Å². The molecule has 1 atom stereocenters. The van der Waals surface area contributed by atoms with Crippen LogP contribution in [0.15, 0.2) is 41.3 Å². The lowest BCUT2D eigenvalue weighted by Crippen LogP contribution is -2.17. The molecule has 0 unspecified atom stereocenters. The standard InChI is InChI=1S/C17H19N3O3S2/c1-2-9-24-17-20-19-16(25-17)18-15(21)12-5-3-6-13(10-12)23-11-14-7-4-8-22-14/h2-3,5-6,10,14H,1,4,7-9,11H2,(H,18,19,21)/t14-/m0/s1. The summed E-state index contributed by atoms with van der Waals surface area (Å²) < 4.78 is 12.1. The molecule has 1 N–H and O–H groups in total. The van der Waals surface area contributed by atoms with Crippen molar-refractivity contribution in [3.8, 4) is 5.75 Å². The molecule has 0 radical (unpaired) electrons. The first-order valence-corrected chi connectivity index (χ1v) is 9.78. The summed E-state index contributed by atoms with van der Waals surface area (Å²) in [6.07, 6.45) is 4.03. The molecule has 132 valence electrons. The van der Waals surface area contributed by atoms with Gasteiger partial charge in [-0.2, -0.15) is 0 Å². The zero-order valence-corrected chi connectivity index (χ0v) is 15.3. The Labute approximate surface area is 154 Å². The minimum absolute atomic E-state index is 0.144. The van der Waals surface area contributed by atoms with Gasteiger partial charge in [-0.25, -0.2) is 0 Å². The number of ether oxygens (including phenoxy) is 2. The van der Waals surface area contributed by atoms with Crippen LogP contribution in [0.1, 0.15) is 23.2 Å². The Kier molecular flexibility index (Phi) is 6.43. The zero-order valence-electron chi connectivity index (χ0n) is 13.6. The van der Waals surface area contributed by atoms with E-state index in [0.29, 0.717) is 23.1 Å². The first-order chi connectivity index (χ1) is 12.2. The van der Waals surface area contributed by atoms with Gasteiger partial charge in [0.05, 0.1) is 6.10 Å². The molecular formula is C17H19N3O3S2. The van der Waals surface area contributed by atoms with Crippen LogP contribution in [0.3, 0.4) is 0 Å². The summed E-state index contributed by atoms with van der Waals surface area (Å²) in [5.41, 5.74) is 0.514. The number of benzene rings is 1. The number of anilines is 1. The van der Waals surface area contributed by atoms with E-state index in [-0.39, 0.29) is 12.0 Å². The lowest BCUT2D eigenvalue weighted by atomic mass is 10.2. The van der Waals surface area contributed by atoms with Crippen molar-refractivity contribution >= 4 is 34.1 Å². The van der Waals surface area contributed by atoms with Crippen LogP contribution in [0.5, 0.6) is 5.75 Å². The number of carbonyl (C=O) groups excluding carboxylic acids is 1. The van der Waals surface area contributed by atoms with Gasteiger partial charge in [-0.1, -0.05) is 35.2 Å². The number of rotatable bonds is 8. The number of nitrogens with one attached hydrogen (secondary N) is 1. The van der Waals surface area contributed by atoms with Crippen LogP contribution in [0.2, 0.25) is 0 Å². The average Bonchev–Trinajstić information content (AvgIpc) is 3.30. The Balaban J connectivity index is 1.56. The van der Waals surface area contributed by atoms with Gasteiger partial charge in [-0.05, 0) is 31.0 Å². The smallest absolute Gasteiger partial charge is 0.257 e. The molecule has 1 aliphatic rings. The molecule has 1 amide bonds. The lowest BCUT2D eigenvalue weighted by molar-refractivity contribution is 0.0679. The minimum atomic E-state index is -0.237. The Morgan fingerprint density at radius 3 is 3.24 bits per heavy atom. The van der Waals surface area contributed by atoms with E-state index in [1.807, 2.05) is 6.07 Å². The van der Waals surface area contributed by atoms with Crippen molar-refractivity contribution in [2.24, 2.45) is 0 Å². The highest BCUT2D eigenvalue weighted by Crippen LogP contribution is 2.26. The third kappa shape index (κ3) is 5.29. The number of hydrogen-bond acceptors (Lipinski definition) is 7. The molecule has 25 heavy (non-hydrogen) atoms. The highest BCUT2D eigenvalue weighted by atomic mass is 32.2. The molecule has 0 saturated carbocycles. The highest BCUT2D eigenvalue weighted by molar-refractivity contribution is 8.01. The second kappa shape index (κ2) is 8.98. The minimum Gasteiger partial charge on any atom is -0.491 e. The number of hydrogen-bond donors (Lipinski definition) is 1. The summed E-state index contributed by atoms with van der Waals surface area (Å²) in [5.74, 6) is 1.17. The van der Waals surface area contributed by atoms with Crippen molar-refractivity contribution in [1.29, 1.82) is 0 Å². The summed E-state index contributed by atoms with van der Waals surface area (Å²) in [5, 5.41) is 11.2. The van der Waals surface area contributed by atoms with Gasteiger partial charge in [0.2, 0.25) is 5.13 Å². The molecule has 0 spiro atoms. The van der Waals surface area contributed by atoms with Crippen LogP contribution in [0.4, 0.5) is 5.13 Å². The Bertz CT molecular complexity index is 729. The number of thioether (sulfide) groups is 1. The van der Waals surface area contributed by atoms with Crippen LogP contribution in [-0.4, -0.2) is 41.2 Å². The molecule has 6 nitrogen and oxygen atoms in total. The largest absolute Gasteiger partial charge is 0.491 e. The molecule has 0 bridgehead atoms. The first-order valence-electron chi connectivity index (χ1n) is 7.97. The second-order valence-electron chi connectivity index (χ2n) is 5.40. The molecule has 8 heteroatoms. The fraction of sp³-hybridized carbons (Fsp3) is 0.353. The molecule has 1 aliphatic heterocycles. The monoisotopic (exact) mass is 377 g/mol. The SMILES string of the molecule is C=CCSc1nnc(NC(=O)c2cccc(OC[C@@H]3CCCO3)c2)s1. The Hall–Kier alpha value is -1.90. The van der Waals surface area contributed by atoms with Gasteiger partial charge < -0.3 is 9.47 Å². The number of amides is 1. The number of aromatic nitrogens is 2. The molecule has 2 aromatic rings. The molecule has 1 aromatic carbocycles. The summed E-state index contributed by atoms with van der Waals surface area (Å²) in [6.45, 7) is 4.97. The van der Waals surface area contributed by atoms with E-state index in [9.17, 15) is 4.79 Å². The van der Waals surface area contributed by atoms with Crippen LogP contribution < -0.4 is 10.1 Å². The topological polar surface area (TPSA) is 73.3 Å². The van der Waals surface area contributed by atoms with Crippen LogP contribution >= 0.6 is 23.1 Å². The van der Waals surface area contributed by atoms with E-state index in [1.54, 1.807) is 24.3 Å². The molecule has 2 heterocycles. The van der Waals surface area contributed by atoms with Gasteiger partial charge in [0, 0.05) is 17.9 Å². The van der Waals surface area contributed by atoms with Gasteiger partial charge in [0.15, 0.2) is 4.34 Å². The van der Waals surface area contributed by atoms with Crippen molar-refractivity contribution < 1.29 is 14.3 Å². The van der Waals surface area contributed by atoms with E-state index >= 15 is 0 Å². The van der Waals surface area contributed by atoms with Crippen LogP contribution in [0, 0.1) is 0 Å². The van der Waals surface area contributed by atoms with Gasteiger partial charge >= 0.3 is 0 Å². The maximum Gasteiger partial charge on any atom is 0.257 e. The first kappa shape index (κ1) is 17.9. The van der Waals surface area contributed by atoms with Crippen LogP contribution in [-0.2, 0) is 4.74 Å². The van der Waals surface area contributed by atoms with Gasteiger partial charge in [-0.3, -0.25) is 10.1 Å². The number of nitrogens with zero attached hydrogens (tertiary/aromatic N) is 2. The fourth-order valence-corrected chi connectivity index (χ4v) is 3.82. The van der Waals surface area contributed by atoms with Gasteiger partial charge in [0.1, 0.15) is 12.4 Å². The van der Waals surface area contributed by atoms with Crippen molar-refractivity contribution in [3.05, 3.63) is 42.5 Å². The maximum absolute atomic E-state index is 12.4. The summed E-state index contributed by atoms with van der Waals surface area (Å²) in [6, 6.07) is 7.09. The van der Waals surface area contributed by atoms with E-state index in [4.69, 9.17) is 9.47 Å². The molecule has 1 saturated heterocycles. The maximum atomic E-state index is 12.4. The zero-order chi connectivity index (χ0) is 17.5. The average molecular weight is 377 g/mol. The molecule has 1 fully saturated rings. The van der Waals surface area contributed by atoms with E-state index in [0.717, 1.165) is 29.5 Å². The molecular weight excluding hydrogens is 358 g/mol. The van der Waals surface area contributed by atoms with Crippen LogP contribution in [0.25, 0.3) is 0 Å². The Morgan fingerprint density at radius 2 is 2.44 bits per heavy atom. The molecule has 3 rings (SSSR count). The second-order valence-corrected chi connectivity index (χ2v) is 7.65. The van der Waals surface area contributed by atoms with Gasteiger partial charge in [0.25, 0.3) is 5.91 Å². The van der Waals surface area contributed by atoms with Crippen molar-refractivity contribution in [3.63, 3.8) is 0 Å². The van der Waals surface area contributed by atoms with Crippen molar-refractivity contribution in [2.45, 2.75) is 23.3 Å². The fourth-order valence-electron chi connectivity index (χ4n) is 2.31. The highest BCUT2D eigenvalue weighted by Gasteiger charge is 2.16. The summed E-state index contributed by atoms with van der Waals surface area (Å²) in [7, 11) is 0. The predicted octanol–water partition coefficient (Wildman–Crippen LogP) is 3.63. The predicted molar refractivity (Wildman–Crippen MR) is 99.7 cm³/mol. The van der Waals surface area contributed by atoms with Gasteiger partial charge in [-0.15, -0.1) is 16.8 Å². The quantitative estimate of drug-likeness (QED) is 0.430. The van der Waals surface area contributed by atoms with Crippen molar-refractivity contribution in [2.75, 3.05) is 24.3 Å². The molecule has 1 aromatic heterocycles. The lowest BCUT2D eigenvalue weighted by Gasteiger charge is -2.12. The van der Waals surface area contributed by atoms with Crippen molar-refractivity contribution in [1.82, 2.24) is 10.2 Å². The summed E-state index contributed by atoms with van der Waals surface area (Å²) in [4.78, 5) is 12.4. The molecule has 0 aliphatic carbocycles. The third-order valence-corrected chi connectivity index (χ3v) is 5.48. The Morgan fingerprint density at radius 1 is 1.52 bits per heavy atom. The van der Waals surface area contributed by atoms with E-state index in [1.165, 1.54) is 23.1 Å². The summed E-state index contributed by atoms with van der Waals surface area (Å²) >= 11 is 2.87.